The summed E-state index contributed by atoms with van der Waals surface area (Å²) in [6.07, 6.45) is 1.57. The van der Waals surface area contributed by atoms with Crippen molar-refractivity contribution in [3.63, 3.8) is 0 Å². The molecule has 0 rings (SSSR count). The molecule has 0 aromatic heterocycles. The predicted octanol–water partition coefficient (Wildman–Crippen LogP) is 1.89. The molecular weight excluding hydrogens is 192 g/mol. The SMILES string of the molecule is CC(C)OC(=O)NCC(C)(C)CCCN. The van der Waals surface area contributed by atoms with Crippen LogP contribution in [0.2, 0.25) is 0 Å². The lowest BCUT2D eigenvalue weighted by atomic mass is 9.88. The molecular formula is C11H24N2O2. The molecule has 3 N–H and O–H groups in total. The molecule has 15 heavy (non-hydrogen) atoms. The van der Waals surface area contributed by atoms with Gasteiger partial charge in [0.15, 0.2) is 0 Å². The average molecular weight is 216 g/mol. The van der Waals surface area contributed by atoms with Crippen molar-refractivity contribution >= 4 is 6.09 Å². The number of ether oxygens (including phenoxy) is 1. The van der Waals surface area contributed by atoms with E-state index in [2.05, 4.69) is 19.2 Å². The highest BCUT2D eigenvalue weighted by Gasteiger charge is 2.18. The molecule has 0 fully saturated rings. The van der Waals surface area contributed by atoms with Crippen LogP contribution in [0, 0.1) is 5.41 Å². The van der Waals surface area contributed by atoms with E-state index < -0.39 is 0 Å². The first kappa shape index (κ1) is 14.2. The molecule has 0 aromatic carbocycles. The van der Waals surface area contributed by atoms with Crippen molar-refractivity contribution in [2.24, 2.45) is 11.1 Å². The zero-order valence-corrected chi connectivity index (χ0v) is 10.3. The first-order valence-electron chi connectivity index (χ1n) is 5.52. The van der Waals surface area contributed by atoms with Gasteiger partial charge in [0.05, 0.1) is 6.10 Å². The molecule has 0 saturated carbocycles. The summed E-state index contributed by atoms with van der Waals surface area (Å²) in [5.41, 5.74) is 5.52. The van der Waals surface area contributed by atoms with Crippen molar-refractivity contribution in [2.45, 2.75) is 46.6 Å². The molecule has 0 aliphatic carbocycles. The van der Waals surface area contributed by atoms with E-state index in [4.69, 9.17) is 10.5 Å². The maximum absolute atomic E-state index is 11.2. The number of carbonyl (C=O) groups is 1. The van der Waals surface area contributed by atoms with Crippen LogP contribution in [0.15, 0.2) is 0 Å². The zero-order chi connectivity index (χ0) is 11.9. The van der Waals surface area contributed by atoms with E-state index in [1.807, 2.05) is 13.8 Å². The van der Waals surface area contributed by atoms with E-state index in [0.717, 1.165) is 12.8 Å². The third kappa shape index (κ3) is 8.24. The van der Waals surface area contributed by atoms with Gasteiger partial charge in [-0.3, -0.25) is 0 Å². The normalized spacial score (nSPS) is 11.6. The van der Waals surface area contributed by atoms with Gasteiger partial charge < -0.3 is 15.8 Å². The van der Waals surface area contributed by atoms with Crippen LogP contribution >= 0.6 is 0 Å². The quantitative estimate of drug-likeness (QED) is 0.712. The Morgan fingerprint density at radius 1 is 1.47 bits per heavy atom. The van der Waals surface area contributed by atoms with E-state index in [0.29, 0.717) is 13.1 Å². The monoisotopic (exact) mass is 216 g/mol. The standard InChI is InChI=1S/C11H24N2O2/c1-9(2)15-10(14)13-8-11(3,4)6-5-7-12/h9H,5-8,12H2,1-4H3,(H,13,14). The van der Waals surface area contributed by atoms with Gasteiger partial charge in [-0.05, 0) is 38.6 Å². The molecule has 0 aromatic rings. The van der Waals surface area contributed by atoms with Crippen LogP contribution < -0.4 is 11.1 Å². The fraction of sp³-hybridized carbons (Fsp3) is 0.909. The van der Waals surface area contributed by atoms with Gasteiger partial charge in [0.2, 0.25) is 0 Å². The van der Waals surface area contributed by atoms with Gasteiger partial charge in [0, 0.05) is 6.54 Å². The van der Waals surface area contributed by atoms with Gasteiger partial charge in [0.25, 0.3) is 0 Å². The number of amides is 1. The number of rotatable bonds is 6. The van der Waals surface area contributed by atoms with Crippen molar-refractivity contribution in [3.05, 3.63) is 0 Å². The largest absolute Gasteiger partial charge is 0.447 e. The third-order valence-electron chi connectivity index (χ3n) is 2.11. The summed E-state index contributed by atoms with van der Waals surface area (Å²) in [6.45, 7) is 9.20. The Morgan fingerprint density at radius 3 is 2.53 bits per heavy atom. The zero-order valence-electron chi connectivity index (χ0n) is 10.3. The van der Waals surface area contributed by atoms with Gasteiger partial charge in [-0.25, -0.2) is 4.79 Å². The predicted molar refractivity (Wildman–Crippen MR) is 61.7 cm³/mol. The van der Waals surface area contributed by atoms with Crippen LogP contribution in [-0.4, -0.2) is 25.3 Å². The summed E-state index contributed by atoms with van der Waals surface area (Å²) in [6, 6.07) is 0. The fourth-order valence-electron chi connectivity index (χ4n) is 1.24. The highest BCUT2D eigenvalue weighted by atomic mass is 16.6. The highest BCUT2D eigenvalue weighted by Crippen LogP contribution is 2.20. The lowest BCUT2D eigenvalue weighted by molar-refractivity contribution is 0.111. The Kier molecular flexibility index (Phi) is 6.32. The fourth-order valence-corrected chi connectivity index (χ4v) is 1.24. The molecule has 0 atom stereocenters. The lowest BCUT2D eigenvalue weighted by Gasteiger charge is -2.24. The second-order valence-corrected chi connectivity index (χ2v) is 4.86. The minimum atomic E-state index is -0.342. The summed E-state index contributed by atoms with van der Waals surface area (Å²) < 4.78 is 4.98. The molecule has 0 heterocycles. The van der Waals surface area contributed by atoms with Crippen LogP contribution in [0.5, 0.6) is 0 Å². The molecule has 4 nitrogen and oxygen atoms in total. The van der Waals surface area contributed by atoms with Crippen LogP contribution in [0.4, 0.5) is 4.79 Å². The van der Waals surface area contributed by atoms with Crippen LogP contribution in [0.1, 0.15) is 40.5 Å². The van der Waals surface area contributed by atoms with E-state index in [1.54, 1.807) is 0 Å². The molecule has 0 saturated heterocycles. The smallest absolute Gasteiger partial charge is 0.407 e. The summed E-state index contributed by atoms with van der Waals surface area (Å²) in [5, 5.41) is 2.76. The molecule has 90 valence electrons. The first-order valence-corrected chi connectivity index (χ1v) is 5.52. The minimum absolute atomic E-state index is 0.0721. The van der Waals surface area contributed by atoms with Crippen molar-refractivity contribution in [1.29, 1.82) is 0 Å². The Labute approximate surface area is 92.6 Å². The number of alkyl carbamates (subject to hydrolysis) is 1. The van der Waals surface area contributed by atoms with E-state index in [1.165, 1.54) is 0 Å². The second-order valence-electron chi connectivity index (χ2n) is 4.86. The van der Waals surface area contributed by atoms with E-state index >= 15 is 0 Å². The molecule has 0 bridgehead atoms. The number of hydrogen-bond donors (Lipinski definition) is 2. The van der Waals surface area contributed by atoms with Gasteiger partial charge in [0.1, 0.15) is 0 Å². The maximum atomic E-state index is 11.2. The van der Waals surface area contributed by atoms with Crippen molar-refractivity contribution in [3.8, 4) is 0 Å². The Balaban J connectivity index is 3.77. The number of hydrogen-bond acceptors (Lipinski definition) is 3. The lowest BCUT2D eigenvalue weighted by Crippen LogP contribution is -2.35. The number of nitrogens with one attached hydrogen (secondary N) is 1. The van der Waals surface area contributed by atoms with Crippen LogP contribution in [0.3, 0.4) is 0 Å². The van der Waals surface area contributed by atoms with Gasteiger partial charge in [-0.2, -0.15) is 0 Å². The summed E-state index contributed by atoms with van der Waals surface area (Å²) >= 11 is 0. The molecule has 4 heteroatoms. The minimum Gasteiger partial charge on any atom is -0.447 e. The number of nitrogens with two attached hydrogens (primary N) is 1. The highest BCUT2D eigenvalue weighted by molar-refractivity contribution is 5.67. The molecule has 0 aliphatic heterocycles. The van der Waals surface area contributed by atoms with Gasteiger partial charge in [-0.15, -0.1) is 0 Å². The maximum Gasteiger partial charge on any atom is 0.407 e. The van der Waals surface area contributed by atoms with Crippen molar-refractivity contribution in [1.82, 2.24) is 5.32 Å². The second kappa shape index (κ2) is 6.67. The van der Waals surface area contributed by atoms with Crippen LogP contribution in [-0.2, 0) is 4.74 Å². The topological polar surface area (TPSA) is 64.3 Å². The van der Waals surface area contributed by atoms with Crippen molar-refractivity contribution < 1.29 is 9.53 Å². The summed E-state index contributed by atoms with van der Waals surface area (Å²) in [7, 11) is 0. The third-order valence-corrected chi connectivity index (χ3v) is 2.11. The van der Waals surface area contributed by atoms with Gasteiger partial charge >= 0.3 is 6.09 Å². The summed E-state index contributed by atoms with van der Waals surface area (Å²) in [5.74, 6) is 0. The molecule has 0 spiro atoms. The molecule has 0 radical (unpaired) electrons. The Bertz CT molecular complexity index is 191. The van der Waals surface area contributed by atoms with E-state index in [9.17, 15) is 4.79 Å². The molecule has 0 unspecified atom stereocenters. The first-order chi connectivity index (χ1) is 6.87. The van der Waals surface area contributed by atoms with E-state index in [-0.39, 0.29) is 17.6 Å². The molecule has 0 aliphatic rings. The average Bonchev–Trinajstić information content (AvgIpc) is 2.11. The van der Waals surface area contributed by atoms with Gasteiger partial charge in [-0.1, -0.05) is 13.8 Å². The summed E-state index contributed by atoms with van der Waals surface area (Å²) in [4.78, 5) is 11.2. The molecule has 1 amide bonds. The Morgan fingerprint density at radius 2 is 2.07 bits per heavy atom. The number of carbonyl (C=O) groups excluding carboxylic acids is 1. The van der Waals surface area contributed by atoms with Crippen molar-refractivity contribution in [2.75, 3.05) is 13.1 Å². The Hall–Kier alpha value is -0.770. The van der Waals surface area contributed by atoms with Crippen LogP contribution in [0.25, 0.3) is 0 Å².